The van der Waals surface area contributed by atoms with Crippen molar-refractivity contribution in [2.45, 2.75) is 25.8 Å². The lowest BCUT2D eigenvalue weighted by molar-refractivity contribution is -0.137. The molecule has 1 heterocycles. The maximum Gasteiger partial charge on any atom is 0.416 e. The number of nitrogens with zero attached hydrogens (tertiary/aromatic N) is 2. The van der Waals surface area contributed by atoms with Crippen LogP contribution in [0.5, 0.6) is 0 Å². The summed E-state index contributed by atoms with van der Waals surface area (Å²) in [5.41, 5.74) is -0.0574. The van der Waals surface area contributed by atoms with E-state index in [0.29, 0.717) is 11.1 Å². The van der Waals surface area contributed by atoms with Crippen molar-refractivity contribution < 1.29 is 31.9 Å². The Kier molecular flexibility index (Phi) is 5.97. The fourth-order valence-corrected chi connectivity index (χ4v) is 2.84. The average Bonchev–Trinajstić information content (AvgIpc) is 3.10. The molecule has 0 radical (unpaired) electrons. The van der Waals surface area contributed by atoms with Gasteiger partial charge in [-0.25, -0.2) is 14.2 Å². The van der Waals surface area contributed by atoms with Gasteiger partial charge in [0.05, 0.1) is 12.1 Å². The Labute approximate surface area is 163 Å². The van der Waals surface area contributed by atoms with Crippen LogP contribution in [0.15, 0.2) is 59.2 Å². The molecule has 1 N–H and O–H groups in total. The zero-order chi connectivity index (χ0) is 21.0. The van der Waals surface area contributed by atoms with Crippen LogP contribution in [-0.2, 0) is 25.8 Å². The lowest BCUT2D eigenvalue weighted by Gasteiger charge is -2.21. The number of benzene rings is 2. The van der Waals surface area contributed by atoms with E-state index >= 15 is 0 Å². The van der Waals surface area contributed by atoms with E-state index < -0.39 is 23.5 Å². The van der Waals surface area contributed by atoms with Crippen molar-refractivity contribution in [2.75, 3.05) is 0 Å². The number of oxazole rings is 1. The Morgan fingerprint density at radius 1 is 1.03 bits per heavy atom. The second-order valence-corrected chi connectivity index (χ2v) is 6.40. The number of hydrogen-bond donors (Lipinski definition) is 1. The number of aromatic nitrogens is 1. The molecule has 9 heteroatoms. The Morgan fingerprint density at radius 3 is 2.28 bits per heavy atom. The summed E-state index contributed by atoms with van der Waals surface area (Å²) in [4.78, 5) is 16.5. The normalized spacial score (nSPS) is 11.8. The Hall–Kier alpha value is -3.20. The molecule has 3 rings (SSSR count). The number of hydrogen-bond acceptors (Lipinski definition) is 4. The summed E-state index contributed by atoms with van der Waals surface area (Å²) in [5, 5.41) is 8.96. The van der Waals surface area contributed by atoms with Crippen molar-refractivity contribution in [1.29, 1.82) is 0 Å². The zero-order valence-electron chi connectivity index (χ0n) is 15.0. The first-order valence-electron chi connectivity index (χ1n) is 8.51. The molecular weight excluding hydrogens is 392 g/mol. The standard InChI is InChI=1S/C20H16F4N2O3/c21-16-6-2-4-14(8-16)10-26(11-18-25-17(12-29-18)19(27)28)9-13-3-1-5-15(7-13)20(22,23)24/h1-8,12H,9-11H2,(H,27,28). The lowest BCUT2D eigenvalue weighted by Crippen LogP contribution is -2.23. The summed E-state index contributed by atoms with van der Waals surface area (Å²) < 4.78 is 57.6. The highest BCUT2D eigenvalue weighted by molar-refractivity contribution is 5.84. The third-order valence-electron chi connectivity index (χ3n) is 4.09. The third-order valence-corrected chi connectivity index (χ3v) is 4.09. The molecule has 0 saturated heterocycles. The number of carboxylic acid groups (broad SMARTS) is 1. The van der Waals surface area contributed by atoms with Crippen molar-refractivity contribution in [3.05, 3.63) is 88.9 Å². The molecule has 29 heavy (non-hydrogen) atoms. The Morgan fingerprint density at radius 2 is 1.69 bits per heavy atom. The first kappa shape index (κ1) is 20.5. The van der Waals surface area contributed by atoms with E-state index in [4.69, 9.17) is 9.52 Å². The molecule has 2 aromatic carbocycles. The molecule has 0 aliphatic heterocycles. The summed E-state index contributed by atoms with van der Waals surface area (Å²) >= 11 is 0. The molecule has 0 aliphatic carbocycles. The minimum atomic E-state index is -4.47. The molecule has 0 fully saturated rings. The fourth-order valence-electron chi connectivity index (χ4n) is 2.84. The van der Waals surface area contributed by atoms with Crippen molar-refractivity contribution in [3.8, 4) is 0 Å². The molecule has 0 unspecified atom stereocenters. The molecule has 152 valence electrons. The fraction of sp³-hybridized carbons (Fsp3) is 0.200. The topological polar surface area (TPSA) is 66.6 Å². The molecule has 0 atom stereocenters. The highest BCUT2D eigenvalue weighted by Crippen LogP contribution is 2.30. The number of aromatic carboxylic acids is 1. The number of carboxylic acids is 1. The van der Waals surface area contributed by atoms with Gasteiger partial charge in [-0.1, -0.05) is 30.3 Å². The average molecular weight is 408 g/mol. The number of rotatable bonds is 7. The predicted octanol–water partition coefficient (Wildman–Crippen LogP) is 4.73. The van der Waals surface area contributed by atoms with Gasteiger partial charge in [-0.05, 0) is 29.3 Å². The van der Waals surface area contributed by atoms with Crippen LogP contribution in [0.25, 0.3) is 0 Å². The van der Waals surface area contributed by atoms with Crippen molar-refractivity contribution in [1.82, 2.24) is 9.88 Å². The van der Waals surface area contributed by atoms with E-state index in [1.54, 1.807) is 17.0 Å². The maximum absolute atomic E-state index is 13.5. The van der Waals surface area contributed by atoms with Gasteiger partial charge in [-0.2, -0.15) is 13.2 Å². The first-order valence-corrected chi connectivity index (χ1v) is 8.51. The molecule has 1 aromatic heterocycles. The lowest BCUT2D eigenvalue weighted by atomic mass is 10.1. The van der Waals surface area contributed by atoms with E-state index in [-0.39, 0.29) is 31.2 Å². The van der Waals surface area contributed by atoms with Crippen LogP contribution in [0.3, 0.4) is 0 Å². The number of alkyl halides is 3. The van der Waals surface area contributed by atoms with Gasteiger partial charge in [0.25, 0.3) is 0 Å². The van der Waals surface area contributed by atoms with Crippen LogP contribution >= 0.6 is 0 Å². The van der Waals surface area contributed by atoms with Gasteiger partial charge in [-0.15, -0.1) is 0 Å². The van der Waals surface area contributed by atoms with E-state index in [0.717, 1.165) is 18.4 Å². The second-order valence-electron chi connectivity index (χ2n) is 6.40. The van der Waals surface area contributed by atoms with Crippen molar-refractivity contribution in [2.24, 2.45) is 0 Å². The molecule has 0 bridgehead atoms. The molecule has 0 saturated carbocycles. The van der Waals surface area contributed by atoms with Gasteiger partial charge in [0.2, 0.25) is 5.89 Å². The van der Waals surface area contributed by atoms with Gasteiger partial charge in [0, 0.05) is 13.1 Å². The Bertz CT molecular complexity index is 1000. The number of carbonyl (C=O) groups is 1. The van der Waals surface area contributed by atoms with Gasteiger partial charge < -0.3 is 9.52 Å². The molecule has 0 amide bonds. The van der Waals surface area contributed by atoms with Crippen molar-refractivity contribution in [3.63, 3.8) is 0 Å². The monoisotopic (exact) mass is 408 g/mol. The SMILES string of the molecule is O=C(O)c1coc(CN(Cc2cccc(F)c2)Cc2cccc(C(F)(F)F)c2)n1. The van der Waals surface area contributed by atoms with Crippen molar-refractivity contribution >= 4 is 5.97 Å². The summed E-state index contributed by atoms with van der Waals surface area (Å²) in [7, 11) is 0. The van der Waals surface area contributed by atoms with E-state index in [1.807, 2.05) is 0 Å². The largest absolute Gasteiger partial charge is 0.476 e. The summed E-state index contributed by atoms with van der Waals surface area (Å²) in [6.07, 6.45) is -3.48. The summed E-state index contributed by atoms with van der Waals surface area (Å²) in [6, 6.07) is 10.7. The summed E-state index contributed by atoms with van der Waals surface area (Å²) in [5.74, 6) is -1.61. The molecule has 0 aliphatic rings. The van der Waals surface area contributed by atoms with E-state index in [2.05, 4.69) is 4.98 Å². The van der Waals surface area contributed by atoms with Gasteiger partial charge in [0.1, 0.15) is 12.1 Å². The third kappa shape index (κ3) is 5.64. The highest BCUT2D eigenvalue weighted by atomic mass is 19.4. The molecular formula is C20H16F4N2O3. The molecule has 0 spiro atoms. The minimum absolute atomic E-state index is 0.0278. The van der Waals surface area contributed by atoms with Crippen LogP contribution < -0.4 is 0 Å². The Balaban J connectivity index is 1.84. The predicted molar refractivity (Wildman–Crippen MR) is 94.3 cm³/mol. The second kappa shape index (κ2) is 8.44. The quantitative estimate of drug-likeness (QED) is 0.573. The van der Waals surface area contributed by atoms with Crippen LogP contribution in [0.2, 0.25) is 0 Å². The van der Waals surface area contributed by atoms with Crippen LogP contribution in [-0.4, -0.2) is 21.0 Å². The first-order chi connectivity index (χ1) is 13.7. The summed E-state index contributed by atoms with van der Waals surface area (Å²) in [6.45, 7) is 0.310. The van der Waals surface area contributed by atoms with E-state index in [1.165, 1.54) is 24.3 Å². The van der Waals surface area contributed by atoms with E-state index in [9.17, 15) is 22.4 Å². The highest BCUT2D eigenvalue weighted by Gasteiger charge is 2.30. The van der Waals surface area contributed by atoms with Gasteiger partial charge in [0.15, 0.2) is 5.69 Å². The van der Waals surface area contributed by atoms with Crippen LogP contribution in [0.4, 0.5) is 17.6 Å². The van der Waals surface area contributed by atoms with Crippen LogP contribution in [0, 0.1) is 5.82 Å². The van der Waals surface area contributed by atoms with Crippen LogP contribution in [0.1, 0.15) is 33.1 Å². The minimum Gasteiger partial charge on any atom is -0.476 e. The number of halogens is 4. The molecule has 5 nitrogen and oxygen atoms in total. The van der Waals surface area contributed by atoms with Gasteiger partial charge >= 0.3 is 12.1 Å². The smallest absolute Gasteiger partial charge is 0.416 e. The molecule has 3 aromatic rings. The van der Waals surface area contributed by atoms with Gasteiger partial charge in [-0.3, -0.25) is 4.90 Å². The zero-order valence-corrected chi connectivity index (χ0v) is 15.0. The maximum atomic E-state index is 13.5.